The molecule has 0 unspecified atom stereocenters. The van der Waals surface area contributed by atoms with Crippen LogP contribution in [0.15, 0.2) is 24.3 Å². The van der Waals surface area contributed by atoms with Crippen molar-refractivity contribution in [2.75, 3.05) is 32.8 Å². The van der Waals surface area contributed by atoms with Crippen LogP contribution in [0.5, 0.6) is 0 Å². The molecule has 24 heavy (non-hydrogen) atoms. The summed E-state index contributed by atoms with van der Waals surface area (Å²) < 4.78 is 5.75. The first-order chi connectivity index (χ1) is 11.7. The third-order valence-electron chi connectivity index (χ3n) is 4.77. The monoisotopic (exact) mass is 327 g/mol. The number of ether oxygens (including phenoxy) is 1. The van der Waals surface area contributed by atoms with Gasteiger partial charge < -0.3 is 9.64 Å². The van der Waals surface area contributed by atoms with Gasteiger partial charge in [-0.25, -0.2) is 0 Å². The van der Waals surface area contributed by atoms with E-state index in [1.165, 1.54) is 0 Å². The van der Waals surface area contributed by atoms with Gasteiger partial charge in [-0.2, -0.15) is 5.26 Å². The van der Waals surface area contributed by atoms with Crippen molar-refractivity contribution in [3.8, 4) is 6.07 Å². The molecule has 128 valence electrons. The van der Waals surface area contributed by atoms with Gasteiger partial charge in [0.15, 0.2) is 0 Å². The Bertz CT molecular complexity index is 599. The molecule has 0 N–H and O–H groups in total. The van der Waals surface area contributed by atoms with Crippen LogP contribution in [0, 0.1) is 11.3 Å². The Morgan fingerprint density at radius 2 is 2.17 bits per heavy atom. The third kappa shape index (κ3) is 4.56. The molecule has 2 aliphatic heterocycles. The predicted molar refractivity (Wildman–Crippen MR) is 91.2 cm³/mol. The molecule has 0 saturated carbocycles. The summed E-state index contributed by atoms with van der Waals surface area (Å²) in [6, 6.07) is 9.82. The van der Waals surface area contributed by atoms with E-state index in [0.29, 0.717) is 18.7 Å². The van der Waals surface area contributed by atoms with Crippen LogP contribution in [0.2, 0.25) is 0 Å². The first-order valence-corrected chi connectivity index (χ1v) is 8.85. The highest BCUT2D eigenvalue weighted by molar-refractivity contribution is 5.78. The van der Waals surface area contributed by atoms with Crippen molar-refractivity contribution in [3.63, 3.8) is 0 Å². The minimum Gasteiger partial charge on any atom is -0.377 e. The molecule has 1 aromatic carbocycles. The van der Waals surface area contributed by atoms with Crippen molar-refractivity contribution in [1.82, 2.24) is 9.80 Å². The van der Waals surface area contributed by atoms with Crippen LogP contribution < -0.4 is 0 Å². The molecular formula is C19H25N3O2. The maximum atomic E-state index is 12.5. The highest BCUT2D eigenvalue weighted by Gasteiger charge is 2.24. The number of hydrogen-bond acceptors (Lipinski definition) is 4. The van der Waals surface area contributed by atoms with E-state index in [2.05, 4.69) is 11.0 Å². The molecule has 0 spiro atoms. The van der Waals surface area contributed by atoms with Gasteiger partial charge in [-0.05, 0) is 43.4 Å². The van der Waals surface area contributed by atoms with Crippen molar-refractivity contribution in [3.05, 3.63) is 35.4 Å². The fourth-order valence-corrected chi connectivity index (χ4v) is 3.52. The summed E-state index contributed by atoms with van der Waals surface area (Å²) in [5.41, 5.74) is 1.73. The number of likely N-dealkylation sites (tertiary alicyclic amines) is 1. The number of rotatable bonds is 6. The van der Waals surface area contributed by atoms with Crippen LogP contribution in [-0.4, -0.2) is 54.6 Å². The predicted octanol–water partition coefficient (Wildman–Crippen LogP) is 2.16. The molecular weight excluding hydrogens is 302 g/mol. The molecule has 5 nitrogen and oxygen atoms in total. The van der Waals surface area contributed by atoms with E-state index in [9.17, 15) is 4.79 Å². The highest BCUT2D eigenvalue weighted by atomic mass is 16.5. The second-order valence-electron chi connectivity index (χ2n) is 6.70. The minimum absolute atomic E-state index is 0.210. The van der Waals surface area contributed by atoms with E-state index in [0.717, 1.165) is 57.5 Å². The van der Waals surface area contributed by atoms with Gasteiger partial charge in [0.25, 0.3) is 0 Å². The summed E-state index contributed by atoms with van der Waals surface area (Å²) in [7, 11) is 0. The van der Waals surface area contributed by atoms with Gasteiger partial charge in [0, 0.05) is 32.8 Å². The second kappa shape index (κ2) is 8.27. The Hall–Kier alpha value is -1.90. The summed E-state index contributed by atoms with van der Waals surface area (Å²) in [6.07, 6.45) is 4.61. The van der Waals surface area contributed by atoms with Crippen LogP contribution in [0.1, 0.15) is 36.8 Å². The Labute approximate surface area is 143 Å². The van der Waals surface area contributed by atoms with Crippen molar-refractivity contribution < 1.29 is 9.53 Å². The summed E-state index contributed by atoms with van der Waals surface area (Å²) in [5.74, 6) is 0.210. The molecule has 2 heterocycles. The molecule has 3 rings (SSSR count). The SMILES string of the molecule is N#Cc1cccc(CN(CC(=O)N2CCCC2)C[C@@H]2CCCO2)c1. The molecule has 0 aliphatic carbocycles. The third-order valence-corrected chi connectivity index (χ3v) is 4.77. The van der Waals surface area contributed by atoms with E-state index >= 15 is 0 Å². The van der Waals surface area contributed by atoms with Gasteiger partial charge in [0.2, 0.25) is 5.91 Å². The fraction of sp³-hybridized carbons (Fsp3) is 0.579. The van der Waals surface area contributed by atoms with E-state index in [1.54, 1.807) is 0 Å². The fourth-order valence-electron chi connectivity index (χ4n) is 3.52. The van der Waals surface area contributed by atoms with E-state index in [-0.39, 0.29) is 12.0 Å². The number of hydrogen-bond donors (Lipinski definition) is 0. The van der Waals surface area contributed by atoms with Crippen molar-refractivity contribution in [2.24, 2.45) is 0 Å². The molecule has 1 atom stereocenters. The molecule has 1 amide bonds. The highest BCUT2D eigenvalue weighted by Crippen LogP contribution is 2.16. The first-order valence-electron chi connectivity index (χ1n) is 8.85. The molecule has 0 aromatic heterocycles. The smallest absolute Gasteiger partial charge is 0.236 e. The van der Waals surface area contributed by atoms with Crippen LogP contribution >= 0.6 is 0 Å². The van der Waals surface area contributed by atoms with Gasteiger partial charge >= 0.3 is 0 Å². The lowest BCUT2D eigenvalue weighted by Gasteiger charge is -2.27. The van der Waals surface area contributed by atoms with Crippen molar-refractivity contribution >= 4 is 5.91 Å². The molecule has 5 heteroatoms. The van der Waals surface area contributed by atoms with Gasteiger partial charge in [-0.15, -0.1) is 0 Å². The Morgan fingerprint density at radius 3 is 2.88 bits per heavy atom. The number of nitriles is 1. The first kappa shape index (κ1) is 16.9. The summed E-state index contributed by atoms with van der Waals surface area (Å²) >= 11 is 0. The zero-order valence-corrected chi connectivity index (χ0v) is 14.1. The quantitative estimate of drug-likeness (QED) is 0.803. The maximum Gasteiger partial charge on any atom is 0.236 e. The van der Waals surface area contributed by atoms with Crippen LogP contribution in [0.4, 0.5) is 0 Å². The molecule has 2 aliphatic rings. The van der Waals surface area contributed by atoms with Crippen LogP contribution in [0.25, 0.3) is 0 Å². The Morgan fingerprint density at radius 1 is 1.33 bits per heavy atom. The number of benzene rings is 1. The topological polar surface area (TPSA) is 56.6 Å². The standard InChI is InChI=1S/C19H25N3O2/c20-12-16-5-3-6-17(11-16)13-21(14-18-7-4-10-24-18)15-19(23)22-8-1-2-9-22/h3,5-6,11,18H,1-2,4,7-10,13-15H2/t18-/m0/s1. The van der Waals surface area contributed by atoms with Gasteiger partial charge in [-0.1, -0.05) is 12.1 Å². The lowest BCUT2D eigenvalue weighted by atomic mass is 10.1. The average Bonchev–Trinajstić information content (AvgIpc) is 3.28. The summed E-state index contributed by atoms with van der Waals surface area (Å²) in [6.45, 7) is 4.47. The van der Waals surface area contributed by atoms with Gasteiger partial charge in [0.1, 0.15) is 0 Å². The van der Waals surface area contributed by atoms with Gasteiger partial charge in [-0.3, -0.25) is 9.69 Å². The summed E-state index contributed by atoms with van der Waals surface area (Å²) in [4.78, 5) is 16.7. The molecule has 0 bridgehead atoms. The molecule has 1 aromatic rings. The van der Waals surface area contributed by atoms with Crippen molar-refractivity contribution in [2.45, 2.75) is 38.3 Å². The largest absolute Gasteiger partial charge is 0.377 e. The Balaban J connectivity index is 1.65. The van der Waals surface area contributed by atoms with Gasteiger partial charge in [0.05, 0.1) is 24.3 Å². The lowest BCUT2D eigenvalue weighted by Crippen LogP contribution is -2.41. The molecule has 2 saturated heterocycles. The normalized spacial score (nSPS) is 20.5. The van der Waals surface area contributed by atoms with E-state index in [4.69, 9.17) is 10.00 Å². The van der Waals surface area contributed by atoms with E-state index < -0.39 is 0 Å². The number of nitrogens with zero attached hydrogens (tertiary/aromatic N) is 3. The maximum absolute atomic E-state index is 12.5. The number of carbonyl (C=O) groups is 1. The van der Waals surface area contributed by atoms with Crippen molar-refractivity contribution in [1.29, 1.82) is 5.26 Å². The van der Waals surface area contributed by atoms with Crippen LogP contribution in [0.3, 0.4) is 0 Å². The number of carbonyl (C=O) groups excluding carboxylic acids is 1. The second-order valence-corrected chi connectivity index (χ2v) is 6.70. The Kier molecular flexibility index (Phi) is 5.84. The molecule has 0 radical (unpaired) electrons. The van der Waals surface area contributed by atoms with E-state index in [1.807, 2.05) is 29.2 Å². The molecule has 2 fully saturated rings. The van der Waals surface area contributed by atoms with Crippen LogP contribution in [-0.2, 0) is 16.1 Å². The summed E-state index contributed by atoms with van der Waals surface area (Å²) in [5, 5.41) is 9.07. The zero-order chi connectivity index (χ0) is 16.8. The number of amides is 1. The average molecular weight is 327 g/mol. The lowest BCUT2D eigenvalue weighted by molar-refractivity contribution is -0.131. The zero-order valence-electron chi connectivity index (χ0n) is 14.1. The minimum atomic E-state index is 0.210.